The molecule has 308 valence electrons. The topological polar surface area (TPSA) is 175 Å². The van der Waals surface area contributed by atoms with Crippen LogP contribution in [0.15, 0.2) is 36.7 Å². The first-order valence-electron chi connectivity index (χ1n) is 20.9. The predicted molar refractivity (Wildman–Crippen MR) is 214 cm³/mol. The van der Waals surface area contributed by atoms with Crippen LogP contribution in [0, 0.1) is 11.8 Å². The van der Waals surface area contributed by atoms with Gasteiger partial charge in [0.25, 0.3) is 0 Å². The molecular formula is C43H60N8O6. The summed E-state index contributed by atoms with van der Waals surface area (Å²) in [5.41, 5.74) is 4.74. The fraction of sp³-hybridized carbons (Fsp3) is 0.628. The van der Waals surface area contributed by atoms with Crippen molar-refractivity contribution in [1.29, 1.82) is 0 Å². The Morgan fingerprint density at radius 3 is 1.81 bits per heavy atom. The summed E-state index contributed by atoms with van der Waals surface area (Å²) < 4.78 is 9.62. The van der Waals surface area contributed by atoms with Crippen LogP contribution in [0.4, 0.5) is 9.59 Å². The number of carbonyl (C=O) groups is 4. The van der Waals surface area contributed by atoms with Gasteiger partial charge in [0, 0.05) is 30.4 Å². The molecule has 4 heterocycles. The van der Waals surface area contributed by atoms with E-state index < -0.39 is 24.3 Å². The third-order valence-electron chi connectivity index (χ3n) is 13.8. The Morgan fingerprint density at radius 1 is 0.754 bits per heavy atom. The first-order valence-corrected chi connectivity index (χ1v) is 20.9. The fourth-order valence-electron chi connectivity index (χ4n) is 10.0. The van der Waals surface area contributed by atoms with Crippen molar-refractivity contribution in [2.45, 2.75) is 133 Å². The minimum absolute atomic E-state index is 0.0412. The number of aromatic nitrogens is 4. The first-order chi connectivity index (χ1) is 27.4. The quantitative estimate of drug-likeness (QED) is 0.155. The lowest BCUT2D eigenvalue weighted by Crippen LogP contribution is -2.51. The number of ether oxygens (including phenoxy) is 2. The molecule has 5 atom stereocenters. The average Bonchev–Trinajstić information content (AvgIpc) is 4.08. The van der Waals surface area contributed by atoms with E-state index in [0.29, 0.717) is 13.1 Å². The number of aromatic amines is 2. The highest BCUT2D eigenvalue weighted by Gasteiger charge is 2.51. The van der Waals surface area contributed by atoms with Crippen molar-refractivity contribution in [3.8, 4) is 11.3 Å². The zero-order valence-corrected chi connectivity index (χ0v) is 34.4. The number of alkyl carbamates (subject to hydrolysis) is 2. The summed E-state index contributed by atoms with van der Waals surface area (Å²) in [7, 11) is 2.62. The van der Waals surface area contributed by atoms with Gasteiger partial charge in [-0.3, -0.25) is 9.59 Å². The van der Waals surface area contributed by atoms with Crippen LogP contribution in [-0.4, -0.2) is 93.1 Å². The maximum absolute atomic E-state index is 13.8. The van der Waals surface area contributed by atoms with Crippen LogP contribution in [0.5, 0.6) is 0 Å². The van der Waals surface area contributed by atoms with Crippen LogP contribution in [0.1, 0.15) is 133 Å². The molecule has 2 saturated heterocycles. The SMILES string of the molecule is CCC(C)C(NC(=O)OC)C(=O)N1CCCC1c1ncc(-c2ccc(C34CCC(c5cnc(C6CCCN6C(=O)C(NC(=O)OC)C(C)C)[nH]5)(CC3)CC4)cc2)[nH]1. The zero-order valence-electron chi connectivity index (χ0n) is 34.4. The molecule has 14 nitrogen and oxygen atoms in total. The first kappa shape index (κ1) is 40.3. The van der Waals surface area contributed by atoms with Crippen molar-refractivity contribution >= 4 is 24.0 Å². The van der Waals surface area contributed by atoms with Gasteiger partial charge < -0.3 is 39.9 Å². The molecule has 1 aromatic carbocycles. The molecule has 4 amide bonds. The van der Waals surface area contributed by atoms with E-state index in [1.54, 1.807) is 0 Å². The molecule has 2 aromatic heterocycles. The Labute approximate surface area is 335 Å². The van der Waals surface area contributed by atoms with Gasteiger partial charge in [0.05, 0.1) is 38.2 Å². The molecule has 2 aliphatic heterocycles. The van der Waals surface area contributed by atoms with Gasteiger partial charge in [0.1, 0.15) is 23.7 Å². The second-order valence-corrected chi connectivity index (χ2v) is 17.2. The zero-order chi connectivity index (χ0) is 40.5. The van der Waals surface area contributed by atoms with Gasteiger partial charge in [0.2, 0.25) is 11.8 Å². The summed E-state index contributed by atoms with van der Waals surface area (Å²) in [6.07, 6.45) is 13.4. The molecule has 3 saturated carbocycles. The van der Waals surface area contributed by atoms with Crippen LogP contribution in [0.25, 0.3) is 11.3 Å². The van der Waals surface area contributed by atoms with E-state index in [-0.39, 0.29) is 46.6 Å². The summed E-state index contributed by atoms with van der Waals surface area (Å²) in [4.78, 5) is 72.1. The predicted octanol–water partition coefficient (Wildman–Crippen LogP) is 6.82. The standard InChI is InChI=1S/C43H60N8O6/c1-7-27(4)35(49-41(55)57-6)39(53)51-23-8-10-31(51)36-44-24-30(46-36)28-12-14-29(15-13-28)42-16-19-43(20-17-42,21-18-42)33-25-45-37(47-33)32-11-9-22-50(32)38(52)34(26(2)3)48-40(54)56-5/h12-15,24-27,31-32,34-35H,7-11,16-23H2,1-6H3,(H,44,46)(H,45,47)(H,48,54)(H,49,55). The summed E-state index contributed by atoms with van der Waals surface area (Å²) in [6.45, 7) is 9.09. The van der Waals surface area contributed by atoms with Crippen LogP contribution >= 0.6 is 0 Å². The lowest BCUT2D eigenvalue weighted by Gasteiger charge is -2.53. The number of hydrogen-bond acceptors (Lipinski definition) is 8. The molecule has 5 unspecified atom stereocenters. The van der Waals surface area contributed by atoms with E-state index in [9.17, 15) is 19.2 Å². The molecule has 5 fully saturated rings. The van der Waals surface area contributed by atoms with E-state index in [1.807, 2.05) is 49.9 Å². The number of benzene rings is 1. The monoisotopic (exact) mass is 784 g/mol. The molecule has 5 aliphatic rings. The highest BCUT2D eigenvalue weighted by Crippen LogP contribution is 2.58. The number of hydrogen-bond donors (Lipinski definition) is 4. The third-order valence-corrected chi connectivity index (χ3v) is 13.8. The Morgan fingerprint density at radius 2 is 1.26 bits per heavy atom. The number of methoxy groups -OCH3 is 2. The Kier molecular flexibility index (Phi) is 11.7. The van der Waals surface area contributed by atoms with Crippen molar-refractivity contribution < 1.29 is 28.7 Å². The number of likely N-dealkylation sites (tertiary alicyclic amines) is 2. The van der Waals surface area contributed by atoms with E-state index in [2.05, 4.69) is 44.9 Å². The molecule has 0 spiro atoms. The number of carbonyl (C=O) groups excluding carboxylic acids is 4. The van der Waals surface area contributed by atoms with Crippen LogP contribution in [0.3, 0.4) is 0 Å². The second kappa shape index (κ2) is 16.5. The van der Waals surface area contributed by atoms with Gasteiger partial charge in [-0.2, -0.15) is 0 Å². The van der Waals surface area contributed by atoms with Gasteiger partial charge in [0.15, 0.2) is 0 Å². The number of rotatable bonds is 12. The molecule has 3 aromatic rings. The van der Waals surface area contributed by atoms with Crippen molar-refractivity contribution in [2.24, 2.45) is 11.8 Å². The molecule has 2 bridgehead atoms. The molecule has 0 radical (unpaired) electrons. The lowest BCUT2D eigenvalue weighted by molar-refractivity contribution is -0.136. The number of amides is 4. The maximum Gasteiger partial charge on any atom is 0.407 e. The van der Waals surface area contributed by atoms with Crippen molar-refractivity contribution in [1.82, 2.24) is 40.4 Å². The molecular weight excluding hydrogens is 725 g/mol. The van der Waals surface area contributed by atoms with Crippen molar-refractivity contribution in [3.63, 3.8) is 0 Å². The summed E-state index contributed by atoms with van der Waals surface area (Å²) in [5, 5.41) is 5.50. The van der Waals surface area contributed by atoms with E-state index in [1.165, 1.54) is 25.5 Å². The average molecular weight is 785 g/mol. The van der Waals surface area contributed by atoms with Crippen LogP contribution in [0.2, 0.25) is 0 Å². The van der Waals surface area contributed by atoms with Crippen molar-refractivity contribution in [2.75, 3.05) is 27.3 Å². The Hall–Kier alpha value is -4.88. The Balaban J connectivity index is 0.995. The molecule has 4 N–H and O–H groups in total. The normalized spacial score (nSPS) is 25.9. The Bertz CT molecular complexity index is 1900. The van der Waals surface area contributed by atoms with E-state index >= 15 is 0 Å². The smallest absolute Gasteiger partial charge is 0.407 e. The molecule has 14 heteroatoms. The van der Waals surface area contributed by atoms with Crippen LogP contribution in [-0.2, 0) is 29.9 Å². The minimum Gasteiger partial charge on any atom is -0.453 e. The van der Waals surface area contributed by atoms with Gasteiger partial charge in [-0.1, -0.05) is 58.4 Å². The second-order valence-electron chi connectivity index (χ2n) is 17.2. The van der Waals surface area contributed by atoms with E-state index in [0.717, 1.165) is 93.5 Å². The summed E-state index contributed by atoms with van der Waals surface area (Å²) in [5.74, 6) is 1.28. The summed E-state index contributed by atoms with van der Waals surface area (Å²) >= 11 is 0. The maximum atomic E-state index is 13.8. The van der Waals surface area contributed by atoms with E-state index in [4.69, 9.17) is 19.4 Å². The summed E-state index contributed by atoms with van der Waals surface area (Å²) in [6, 6.07) is 7.31. The number of imidazole rings is 2. The van der Waals surface area contributed by atoms with Gasteiger partial charge in [-0.05, 0) is 92.6 Å². The lowest BCUT2D eigenvalue weighted by atomic mass is 9.51. The number of nitrogens with one attached hydrogen (secondary N) is 4. The fourth-order valence-corrected chi connectivity index (χ4v) is 10.0. The molecule has 3 aliphatic carbocycles. The highest BCUT2D eigenvalue weighted by atomic mass is 16.5. The van der Waals surface area contributed by atoms with Gasteiger partial charge >= 0.3 is 12.2 Å². The number of fused-ring (bicyclic) bond motifs is 3. The van der Waals surface area contributed by atoms with Gasteiger partial charge in [-0.15, -0.1) is 0 Å². The number of nitrogens with zero attached hydrogens (tertiary/aromatic N) is 4. The van der Waals surface area contributed by atoms with Crippen LogP contribution < -0.4 is 10.6 Å². The molecule has 8 rings (SSSR count). The highest BCUT2D eigenvalue weighted by molar-refractivity contribution is 5.87. The number of H-pyrrole nitrogens is 2. The third kappa shape index (κ3) is 7.75. The van der Waals surface area contributed by atoms with Gasteiger partial charge in [-0.25, -0.2) is 19.6 Å². The largest absolute Gasteiger partial charge is 0.453 e. The minimum atomic E-state index is -0.659. The van der Waals surface area contributed by atoms with Crippen molar-refractivity contribution in [3.05, 3.63) is 59.6 Å². The molecule has 57 heavy (non-hydrogen) atoms.